The van der Waals surface area contributed by atoms with Gasteiger partial charge in [-0.1, -0.05) is 0 Å². The summed E-state index contributed by atoms with van der Waals surface area (Å²) in [5.74, 6) is 0. The predicted octanol–water partition coefficient (Wildman–Crippen LogP) is -1.11. The minimum Gasteiger partial charge on any atom is -0.465 e. The number of hydrogen-bond donors (Lipinski definition) is 2. The highest BCUT2D eigenvalue weighted by atomic mass is 16.4. The standard InChI is InChI=1S/C2H2N4.CH3NO2/c1-2-4-6-5-3-1;2-1(3)4/h1-2H;2H2,(H,3,4). The second-order valence-corrected chi connectivity index (χ2v) is 1.05. The van der Waals surface area contributed by atoms with Gasteiger partial charge >= 0.3 is 6.09 Å². The van der Waals surface area contributed by atoms with Crippen molar-refractivity contribution in [3.63, 3.8) is 0 Å². The van der Waals surface area contributed by atoms with Crippen LogP contribution < -0.4 is 5.73 Å². The molecule has 0 aromatic carbocycles. The number of aromatic nitrogens is 4. The van der Waals surface area contributed by atoms with Crippen molar-refractivity contribution in [3.8, 4) is 0 Å². The Morgan fingerprint density at radius 1 is 1.30 bits per heavy atom. The first kappa shape index (κ1) is 8.21. The number of primary amides is 1. The molecule has 0 aliphatic carbocycles. The van der Waals surface area contributed by atoms with Gasteiger partial charge in [0.2, 0.25) is 0 Å². The predicted molar refractivity (Wildman–Crippen MR) is 29.8 cm³/mol. The fourth-order valence-corrected chi connectivity index (χ4v) is 0.165. The minimum absolute atomic E-state index is 1.33. The van der Waals surface area contributed by atoms with Gasteiger partial charge in [-0.25, -0.2) is 4.79 Å². The summed E-state index contributed by atoms with van der Waals surface area (Å²) in [5, 5.41) is 20.3. The van der Waals surface area contributed by atoms with Gasteiger partial charge in [-0.3, -0.25) is 0 Å². The summed E-state index contributed by atoms with van der Waals surface area (Å²) in [6.07, 6.45) is 1.60. The highest BCUT2D eigenvalue weighted by Gasteiger charge is 1.65. The molecule has 0 aliphatic rings. The molecular weight excluding hydrogens is 138 g/mol. The van der Waals surface area contributed by atoms with E-state index in [1.165, 1.54) is 12.4 Å². The van der Waals surface area contributed by atoms with Crippen molar-refractivity contribution in [1.29, 1.82) is 0 Å². The molecule has 1 heterocycles. The molecule has 0 unspecified atom stereocenters. The van der Waals surface area contributed by atoms with Crippen LogP contribution in [0.4, 0.5) is 4.79 Å². The highest BCUT2D eigenvalue weighted by molar-refractivity contribution is 5.61. The van der Waals surface area contributed by atoms with Crippen LogP contribution in [0.1, 0.15) is 0 Å². The molecule has 0 fully saturated rings. The van der Waals surface area contributed by atoms with E-state index in [0.29, 0.717) is 0 Å². The van der Waals surface area contributed by atoms with Crippen LogP contribution >= 0.6 is 0 Å². The average molecular weight is 143 g/mol. The molecule has 0 atom stereocenters. The van der Waals surface area contributed by atoms with Crippen molar-refractivity contribution in [2.24, 2.45) is 5.73 Å². The molecule has 1 rings (SSSR count). The molecule has 0 saturated carbocycles. The van der Waals surface area contributed by atoms with Gasteiger partial charge in [0.15, 0.2) is 0 Å². The third kappa shape index (κ3) is 9.51. The highest BCUT2D eigenvalue weighted by Crippen LogP contribution is 1.53. The SMILES string of the molecule is NC(=O)O.c1cnnnn1. The molecule has 0 saturated heterocycles. The summed E-state index contributed by atoms with van der Waals surface area (Å²) in [6, 6.07) is 0. The van der Waals surface area contributed by atoms with Gasteiger partial charge in [-0.2, -0.15) is 0 Å². The van der Waals surface area contributed by atoms with Gasteiger partial charge in [-0.15, -0.1) is 10.2 Å². The Bertz CT molecular complexity index is 147. The van der Waals surface area contributed by atoms with Crippen LogP contribution in [-0.2, 0) is 0 Å². The lowest BCUT2D eigenvalue weighted by molar-refractivity contribution is 0.205. The number of carboxylic acid groups (broad SMARTS) is 1. The van der Waals surface area contributed by atoms with E-state index in [9.17, 15) is 0 Å². The van der Waals surface area contributed by atoms with Crippen molar-refractivity contribution in [3.05, 3.63) is 12.4 Å². The molecule has 0 spiro atoms. The van der Waals surface area contributed by atoms with E-state index in [1.807, 2.05) is 0 Å². The summed E-state index contributed by atoms with van der Waals surface area (Å²) in [6.45, 7) is 0. The normalized spacial score (nSPS) is 7.20. The summed E-state index contributed by atoms with van der Waals surface area (Å²) in [5.41, 5.74) is 4.03. The van der Waals surface area contributed by atoms with Crippen molar-refractivity contribution >= 4 is 6.09 Å². The lowest BCUT2D eigenvalue weighted by Gasteiger charge is -1.67. The van der Waals surface area contributed by atoms with Crippen molar-refractivity contribution in [2.45, 2.75) is 0 Å². The fourth-order valence-electron chi connectivity index (χ4n) is 0.165. The zero-order valence-electron chi connectivity index (χ0n) is 4.88. The van der Waals surface area contributed by atoms with E-state index in [1.54, 1.807) is 0 Å². The smallest absolute Gasteiger partial charge is 0.402 e. The van der Waals surface area contributed by atoms with Crippen molar-refractivity contribution < 1.29 is 9.90 Å². The quantitative estimate of drug-likeness (QED) is 0.475. The van der Waals surface area contributed by atoms with Crippen LogP contribution in [0.25, 0.3) is 0 Å². The monoisotopic (exact) mass is 143 g/mol. The summed E-state index contributed by atoms with van der Waals surface area (Å²) >= 11 is 0. The fraction of sp³-hybridized carbons (Fsp3) is 0. The molecular formula is C3H5N5O2. The maximum atomic E-state index is 8.78. The molecule has 1 aromatic heterocycles. The van der Waals surface area contributed by atoms with Gasteiger partial charge in [0.05, 0.1) is 12.4 Å². The van der Waals surface area contributed by atoms with Crippen LogP contribution in [-0.4, -0.2) is 31.8 Å². The number of hydrogen-bond acceptors (Lipinski definition) is 5. The summed E-state index contributed by atoms with van der Waals surface area (Å²) in [7, 11) is 0. The zero-order valence-corrected chi connectivity index (χ0v) is 4.88. The Hall–Kier alpha value is -1.79. The Balaban J connectivity index is 0.000000180. The van der Waals surface area contributed by atoms with Crippen LogP contribution in [0.2, 0.25) is 0 Å². The number of nitrogens with two attached hydrogens (primary N) is 1. The number of carbonyl (C=O) groups is 1. The van der Waals surface area contributed by atoms with Crippen molar-refractivity contribution in [2.75, 3.05) is 0 Å². The first-order valence-electron chi connectivity index (χ1n) is 2.17. The van der Waals surface area contributed by atoms with E-state index in [-0.39, 0.29) is 0 Å². The molecule has 1 aromatic rings. The lowest BCUT2D eigenvalue weighted by atomic mass is 11.0. The molecule has 54 valence electrons. The third-order valence-electron chi connectivity index (χ3n) is 0.343. The molecule has 3 N–H and O–H groups in total. The molecule has 0 aliphatic heterocycles. The van der Waals surface area contributed by atoms with E-state index in [4.69, 9.17) is 9.90 Å². The van der Waals surface area contributed by atoms with Gasteiger partial charge in [-0.05, 0) is 10.4 Å². The third-order valence-corrected chi connectivity index (χ3v) is 0.343. The van der Waals surface area contributed by atoms with Gasteiger partial charge in [0.25, 0.3) is 0 Å². The molecule has 7 heteroatoms. The maximum Gasteiger partial charge on any atom is 0.402 e. The van der Waals surface area contributed by atoms with Crippen LogP contribution in [0.5, 0.6) is 0 Å². The lowest BCUT2D eigenvalue weighted by Crippen LogP contribution is -2.03. The number of rotatable bonds is 0. The number of amides is 1. The van der Waals surface area contributed by atoms with Gasteiger partial charge in [0, 0.05) is 0 Å². The van der Waals surface area contributed by atoms with Crippen LogP contribution in [0, 0.1) is 0 Å². The summed E-state index contributed by atoms with van der Waals surface area (Å²) < 4.78 is 0. The van der Waals surface area contributed by atoms with E-state index in [2.05, 4.69) is 26.4 Å². The summed E-state index contributed by atoms with van der Waals surface area (Å²) in [4.78, 5) is 8.78. The van der Waals surface area contributed by atoms with Crippen LogP contribution in [0.15, 0.2) is 12.4 Å². The molecule has 0 bridgehead atoms. The van der Waals surface area contributed by atoms with Crippen LogP contribution in [0.3, 0.4) is 0 Å². The topological polar surface area (TPSA) is 115 Å². The van der Waals surface area contributed by atoms with E-state index >= 15 is 0 Å². The Labute approximate surface area is 55.9 Å². The largest absolute Gasteiger partial charge is 0.465 e. The maximum absolute atomic E-state index is 8.78. The Morgan fingerprint density at radius 2 is 1.60 bits per heavy atom. The molecule has 1 amide bonds. The Kier molecular flexibility index (Phi) is 4.39. The second kappa shape index (κ2) is 5.35. The van der Waals surface area contributed by atoms with E-state index in [0.717, 1.165) is 0 Å². The number of nitrogens with zero attached hydrogens (tertiary/aromatic N) is 4. The Morgan fingerprint density at radius 3 is 1.70 bits per heavy atom. The zero-order chi connectivity index (χ0) is 7.82. The first-order chi connectivity index (χ1) is 4.73. The van der Waals surface area contributed by atoms with Gasteiger partial charge < -0.3 is 10.8 Å². The molecule has 10 heavy (non-hydrogen) atoms. The van der Waals surface area contributed by atoms with Gasteiger partial charge in [0.1, 0.15) is 0 Å². The minimum atomic E-state index is -1.33. The van der Waals surface area contributed by atoms with E-state index < -0.39 is 6.09 Å². The average Bonchev–Trinajstić information content (AvgIpc) is 1.90. The first-order valence-corrected chi connectivity index (χ1v) is 2.17. The second-order valence-electron chi connectivity index (χ2n) is 1.05. The molecule has 0 radical (unpaired) electrons. The molecule has 7 nitrogen and oxygen atoms in total. The van der Waals surface area contributed by atoms with Crippen molar-refractivity contribution in [1.82, 2.24) is 20.6 Å².